The summed E-state index contributed by atoms with van der Waals surface area (Å²) >= 11 is 1.87. The van der Waals surface area contributed by atoms with Crippen LogP contribution in [0.5, 0.6) is 0 Å². The quantitative estimate of drug-likeness (QED) is 0.804. The van der Waals surface area contributed by atoms with Crippen LogP contribution >= 0.6 is 11.8 Å². The third-order valence-corrected chi connectivity index (χ3v) is 2.98. The van der Waals surface area contributed by atoms with Gasteiger partial charge in [0.05, 0.1) is 0 Å². The van der Waals surface area contributed by atoms with Gasteiger partial charge >= 0.3 is 0 Å². The zero-order valence-corrected chi connectivity index (χ0v) is 10.6. The first kappa shape index (κ1) is 12.5. The minimum atomic E-state index is 0.438. The molecule has 2 nitrogen and oxygen atoms in total. The molecule has 0 aliphatic carbocycles. The van der Waals surface area contributed by atoms with Crippen molar-refractivity contribution in [3.63, 3.8) is 0 Å². The van der Waals surface area contributed by atoms with Crippen LogP contribution in [0.4, 0.5) is 0 Å². The molecule has 1 N–H and O–H groups in total. The Labute approximate surface area is 96.9 Å². The van der Waals surface area contributed by atoms with Gasteiger partial charge in [-0.2, -0.15) is 11.8 Å². The second-order valence-corrected chi connectivity index (χ2v) is 4.61. The van der Waals surface area contributed by atoms with Crippen molar-refractivity contribution in [2.24, 2.45) is 0 Å². The zero-order chi connectivity index (χ0) is 11.1. The van der Waals surface area contributed by atoms with E-state index in [0.717, 1.165) is 18.0 Å². The molecular weight excluding hydrogens is 204 g/mol. The Kier molecular flexibility index (Phi) is 5.73. The van der Waals surface area contributed by atoms with Gasteiger partial charge in [0.1, 0.15) is 0 Å². The van der Waals surface area contributed by atoms with Crippen LogP contribution in [0.1, 0.15) is 30.6 Å². The fourth-order valence-corrected chi connectivity index (χ4v) is 2.09. The fourth-order valence-electron chi connectivity index (χ4n) is 1.44. The normalized spacial score (nSPS) is 12.7. The highest BCUT2D eigenvalue weighted by atomic mass is 32.2. The number of pyridine rings is 1. The van der Waals surface area contributed by atoms with Crippen molar-refractivity contribution in [1.29, 1.82) is 0 Å². The van der Waals surface area contributed by atoms with Crippen molar-refractivity contribution in [2.75, 3.05) is 18.6 Å². The molecule has 84 valence electrons. The second kappa shape index (κ2) is 6.85. The second-order valence-electron chi connectivity index (χ2n) is 3.69. The first-order valence-corrected chi connectivity index (χ1v) is 6.82. The lowest BCUT2D eigenvalue weighted by atomic mass is 10.1. The third-order valence-electron chi connectivity index (χ3n) is 2.31. The van der Waals surface area contributed by atoms with E-state index in [-0.39, 0.29) is 0 Å². The predicted octanol–water partition coefficient (Wildman–Crippen LogP) is 2.79. The van der Waals surface area contributed by atoms with Crippen LogP contribution in [-0.2, 0) is 0 Å². The predicted molar refractivity (Wildman–Crippen MR) is 68.4 cm³/mol. The largest absolute Gasteiger partial charge is 0.309 e. The molecule has 0 saturated heterocycles. The Morgan fingerprint density at radius 3 is 2.80 bits per heavy atom. The summed E-state index contributed by atoms with van der Waals surface area (Å²) in [6.07, 6.45) is 5.30. The minimum absolute atomic E-state index is 0.438. The van der Waals surface area contributed by atoms with E-state index >= 15 is 0 Å². The number of nitrogens with zero attached hydrogens (tertiary/aromatic N) is 1. The van der Waals surface area contributed by atoms with Crippen molar-refractivity contribution in [3.05, 3.63) is 29.6 Å². The Hall–Kier alpha value is -0.540. The van der Waals surface area contributed by atoms with Crippen LogP contribution < -0.4 is 5.32 Å². The molecule has 0 spiro atoms. The molecule has 0 aromatic carbocycles. The van der Waals surface area contributed by atoms with E-state index in [0.29, 0.717) is 6.04 Å². The fraction of sp³-hybridized carbons (Fsp3) is 0.583. The molecule has 0 fully saturated rings. The summed E-state index contributed by atoms with van der Waals surface area (Å²) in [5.41, 5.74) is 2.38. The number of thioether (sulfide) groups is 1. The lowest BCUT2D eigenvalue weighted by Crippen LogP contribution is -2.24. The Bertz CT molecular complexity index is 271. The highest BCUT2D eigenvalue weighted by Gasteiger charge is 2.09. The molecule has 0 bridgehead atoms. The molecule has 0 radical (unpaired) electrons. The lowest BCUT2D eigenvalue weighted by Gasteiger charge is -2.17. The summed E-state index contributed by atoms with van der Waals surface area (Å²) in [6.45, 7) is 5.28. The topological polar surface area (TPSA) is 24.9 Å². The van der Waals surface area contributed by atoms with Crippen molar-refractivity contribution in [2.45, 2.75) is 26.3 Å². The van der Waals surface area contributed by atoms with Gasteiger partial charge in [-0.3, -0.25) is 4.98 Å². The van der Waals surface area contributed by atoms with Crippen LogP contribution in [0, 0.1) is 6.92 Å². The van der Waals surface area contributed by atoms with Crippen LogP contribution in [-0.4, -0.2) is 23.5 Å². The summed E-state index contributed by atoms with van der Waals surface area (Å²) in [5, 5.41) is 3.55. The zero-order valence-electron chi connectivity index (χ0n) is 9.79. The van der Waals surface area contributed by atoms with Crippen LogP contribution in [0.2, 0.25) is 0 Å². The smallest absolute Gasteiger partial charge is 0.0427 e. The van der Waals surface area contributed by atoms with Crippen LogP contribution in [0.15, 0.2) is 18.3 Å². The van der Waals surface area contributed by atoms with E-state index in [1.807, 2.05) is 24.9 Å². The lowest BCUT2D eigenvalue weighted by molar-refractivity contribution is 0.576. The van der Waals surface area contributed by atoms with Gasteiger partial charge in [0, 0.05) is 23.7 Å². The van der Waals surface area contributed by atoms with Gasteiger partial charge in [-0.25, -0.2) is 0 Å². The average Bonchev–Trinajstić information content (AvgIpc) is 2.25. The van der Waals surface area contributed by atoms with Crippen LogP contribution in [0.3, 0.4) is 0 Å². The molecule has 1 rings (SSSR count). The Morgan fingerprint density at radius 1 is 1.47 bits per heavy atom. The van der Waals surface area contributed by atoms with Gasteiger partial charge in [0.15, 0.2) is 0 Å². The molecule has 15 heavy (non-hydrogen) atoms. The highest BCUT2D eigenvalue weighted by Crippen LogP contribution is 2.16. The maximum absolute atomic E-state index is 4.34. The maximum atomic E-state index is 4.34. The van der Waals surface area contributed by atoms with Crippen molar-refractivity contribution >= 4 is 11.8 Å². The Balaban J connectivity index is 2.65. The number of nitrogens with one attached hydrogen (secondary N) is 1. The minimum Gasteiger partial charge on any atom is -0.309 e. The van der Waals surface area contributed by atoms with Crippen LogP contribution in [0.25, 0.3) is 0 Å². The highest BCUT2D eigenvalue weighted by molar-refractivity contribution is 7.98. The molecule has 0 saturated carbocycles. The number of hydrogen-bond acceptors (Lipinski definition) is 3. The van der Waals surface area contributed by atoms with E-state index in [9.17, 15) is 0 Å². The molecule has 1 aromatic rings. The number of hydrogen-bond donors (Lipinski definition) is 1. The molecule has 1 atom stereocenters. The summed E-state index contributed by atoms with van der Waals surface area (Å²) in [4.78, 5) is 4.34. The molecule has 1 unspecified atom stereocenters. The molecule has 1 aromatic heterocycles. The summed E-state index contributed by atoms with van der Waals surface area (Å²) in [5.74, 6) is 1.10. The number of rotatable bonds is 6. The van der Waals surface area contributed by atoms with E-state index < -0.39 is 0 Å². The molecular formula is C12H20N2S. The van der Waals surface area contributed by atoms with Gasteiger partial charge in [-0.15, -0.1) is 0 Å². The van der Waals surface area contributed by atoms with Gasteiger partial charge in [0.2, 0.25) is 0 Å². The standard InChI is InChI=1S/C12H20N2S/c1-4-7-13-12(9-15-3)11-6-5-10(2)14-8-11/h5-6,8,12-13H,4,7,9H2,1-3H3. The van der Waals surface area contributed by atoms with Gasteiger partial charge in [-0.1, -0.05) is 13.0 Å². The van der Waals surface area contributed by atoms with Crippen molar-refractivity contribution < 1.29 is 0 Å². The summed E-state index contributed by atoms with van der Waals surface area (Å²) in [7, 11) is 0. The SMILES string of the molecule is CCCNC(CSC)c1ccc(C)nc1. The monoisotopic (exact) mass is 224 g/mol. The summed E-state index contributed by atoms with van der Waals surface area (Å²) < 4.78 is 0. The first-order chi connectivity index (χ1) is 7.27. The van der Waals surface area contributed by atoms with Crippen molar-refractivity contribution in [1.82, 2.24) is 10.3 Å². The van der Waals surface area contributed by atoms with E-state index in [1.165, 1.54) is 12.0 Å². The number of aryl methyl sites for hydroxylation is 1. The van der Waals surface area contributed by atoms with Gasteiger partial charge < -0.3 is 5.32 Å². The van der Waals surface area contributed by atoms with Gasteiger partial charge in [0.25, 0.3) is 0 Å². The van der Waals surface area contributed by atoms with E-state index in [1.54, 1.807) is 0 Å². The third kappa shape index (κ3) is 4.22. The number of aromatic nitrogens is 1. The van der Waals surface area contributed by atoms with E-state index in [2.05, 4.69) is 35.6 Å². The van der Waals surface area contributed by atoms with E-state index in [4.69, 9.17) is 0 Å². The molecule has 1 heterocycles. The summed E-state index contributed by atoms with van der Waals surface area (Å²) in [6, 6.07) is 4.69. The maximum Gasteiger partial charge on any atom is 0.0427 e. The Morgan fingerprint density at radius 2 is 2.27 bits per heavy atom. The molecule has 0 aliphatic heterocycles. The average molecular weight is 224 g/mol. The molecule has 0 amide bonds. The van der Waals surface area contributed by atoms with Crippen molar-refractivity contribution in [3.8, 4) is 0 Å². The molecule has 0 aliphatic rings. The molecule has 3 heteroatoms. The van der Waals surface area contributed by atoms with Gasteiger partial charge in [-0.05, 0) is 37.8 Å². The first-order valence-electron chi connectivity index (χ1n) is 5.42.